The highest BCUT2D eigenvalue weighted by molar-refractivity contribution is 5.83. The van der Waals surface area contributed by atoms with Gasteiger partial charge in [-0.05, 0) is 25.2 Å². The van der Waals surface area contributed by atoms with Crippen molar-refractivity contribution in [2.24, 2.45) is 17.8 Å². The van der Waals surface area contributed by atoms with Gasteiger partial charge >= 0.3 is 0 Å². The van der Waals surface area contributed by atoms with Crippen molar-refractivity contribution < 1.29 is 4.79 Å². The number of rotatable bonds is 2. The highest BCUT2D eigenvalue weighted by Crippen LogP contribution is 2.34. The minimum atomic E-state index is 0.288. The van der Waals surface area contributed by atoms with Gasteiger partial charge in [0.1, 0.15) is 5.78 Å². The van der Waals surface area contributed by atoms with Gasteiger partial charge in [0, 0.05) is 12.3 Å². The van der Waals surface area contributed by atoms with Crippen LogP contribution >= 0.6 is 0 Å². The van der Waals surface area contributed by atoms with E-state index < -0.39 is 0 Å². The maximum absolute atomic E-state index is 11.3. The lowest BCUT2D eigenvalue weighted by Gasteiger charge is -2.18. The number of Topliss-reactive ketones (excluding diaryl/α,β-unsaturated/α-hetero) is 1. The molecule has 1 saturated carbocycles. The molecule has 0 bridgehead atoms. The van der Waals surface area contributed by atoms with E-state index >= 15 is 0 Å². The van der Waals surface area contributed by atoms with Crippen LogP contribution in [0.1, 0.15) is 33.6 Å². The van der Waals surface area contributed by atoms with E-state index in [1.807, 2.05) is 6.92 Å². The average Bonchev–Trinajstić information content (AvgIpc) is 2.34. The van der Waals surface area contributed by atoms with E-state index in [1.54, 1.807) is 0 Å². The number of allylic oxidation sites excluding steroid dienone is 2. The third-order valence-corrected chi connectivity index (χ3v) is 3.05. The van der Waals surface area contributed by atoms with Crippen molar-refractivity contribution in [2.75, 3.05) is 0 Å². The van der Waals surface area contributed by atoms with Crippen LogP contribution in [-0.2, 0) is 4.79 Å². The summed E-state index contributed by atoms with van der Waals surface area (Å²) in [5, 5.41) is 0. The summed E-state index contributed by atoms with van der Waals surface area (Å²) in [7, 11) is 0. The van der Waals surface area contributed by atoms with Gasteiger partial charge in [-0.3, -0.25) is 4.79 Å². The molecule has 0 aromatic rings. The summed E-state index contributed by atoms with van der Waals surface area (Å²) < 4.78 is 0. The summed E-state index contributed by atoms with van der Waals surface area (Å²) >= 11 is 0. The van der Waals surface area contributed by atoms with Gasteiger partial charge in [0.15, 0.2) is 0 Å². The normalized spacial score (nSPS) is 33.1. The molecule has 0 N–H and O–H groups in total. The third-order valence-electron chi connectivity index (χ3n) is 3.05. The van der Waals surface area contributed by atoms with Gasteiger partial charge in [0.25, 0.3) is 0 Å². The molecule has 1 nitrogen and oxygen atoms in total. The zero-order valence-corrected chi connectivity index (χ0v) is 8.21. The summed E-state index contributed by atoms with van der Waals surface area (Å²) in [6.07, 6.45) is 6.18. The van der Waals surface area contributed by atoms with Crippen molar-refractivity contribution >= 4 is 5.78 Å². The first-order valence-corrected chi connectivity index (χ1v) is 4.82. The predicted octanol–water partition coefficient (Wildman–Crippen LogP) is 2.81. The molecule has 1 fully saturated rings. The zero-order valence-electron chi connectivity index (χ0n) is 8.21. The summed E-state index contributed by atoms with van der Waals surface area (Å²) in [5.74, 6) is 1.90. The molecule has 0 saturated heterocycles. The highest BCUT2D eigenvalue weighted by Gasteiger charge is 2.33. The lowest BCUT2D eigenvalue weighted by Crippen LogP contribution is -2.16. The Balaban J connectivity index is 2.58. The van der Waals surface area contributed by atoms with Crippen LogP contribution in [0.15, 0.2) is 12.2 Å². The minimum Gasteiger partial charge on any atom is -0.299 e. The van der Waals surface area contributed by atoms with E-state index in [9.17, 15) is 4.79 Å². The van der Waals surface area contributed by atoms with Gasteiger partial charge in [-0.25, -0.2) is 0 Å². The van der Waals surface area contributed by atoms with Gasteiger partial charge in [0.2, 0.25) is 0 Å². The van der Waals surface area contributed by atoms with E-state index in [4.69, 9.17) is 0 Å². The van der Waals surface area contributed by atoms with Crippen LogP contribution < -0.4 is 0 Å². The van der Waals surface area contributed by atoms with E-state index in [0.717, 1.165) is 12.8 Å². The first-order chi connectivity index (χ1) is 5.66. The van der Waals surface area contributed by atoms with Crippen molar-refractivity contribution in [3.63, 3.8) is 0 Å². The molecule has 0 unspecified atom stereocenters. The molecule has 0 aromatic carbocycles. The zero-order chi connectivity index (χ0) is 9.14. The van der Waals surface area contributed by atoms with Gasteiger partial charge in [-0.15, -0.1) is 0 Å². The summed E-state index contributed by atoms with van der Waals surface area (Å²) in [6, 6.07) is 0. The SMILES string of the molecule is C/C=C/[C@H](C)[C@@H]1CCC(=O)[C@H]1C. The lowest BCUT2D eigenvalue weighted by molar-refractivity contribution is -0.120. The molecule has 0 aliphatic heterocycles. The fourth-order valence-electron chi connectivity index (χ4n) is 2.19. The monoisotopic (exact) mass is 166 g/mol. The number of hydrogen-bond acceptors (Lipinski definition) is 1. The molecule has 0 radical (unpaired) electrons. The first kappa shape index (κ1) is 9.50. The Bertz CT molecular complexity index is 193. The molecule has 12 heavy (non-hydrogen) atoms. The fourth-order valence-corrected chi connectivity index (χ4v) is 2.19. The molecule has 3 atom stereocenters. The first-order valence-electron chi connectivity index (χ1n) is 4.82. The van der Waals surface area contributed by atoms with Crippen LogP contribution in [0.3, 0.4) is 0 Å². The summed E-state index contributed by atoms with van der Waals surface area (Å²) in [5.41, 5.74) is 0. The molecule has 0 spiro atoms. The van der Waals surface area contributed by atoms with Crippen molar-refractivity contribution in [3.05, 3.63) is 12.2 Å². The molecular weight excluding hydrogens is 148 g/mol. The lowest BCUT2D eigenvalue weighted by atomic mass is 9.85. The topological polar surface area (TPSA) is 17.1 Å². The fraction of sp³-hybridized carbons (Fsp3) is 0.727. The highest BCUT2D eigenvalue weighted by atomic mass is 16.1. The molecule has 0 heterocycles. The molecule has 68 valence electrons. The van der Waals surface area contributed by atoms with Crippen molar-refractivity contribution in [1.29, 1.82) is 0 Å². The Hall–Kier alpha value is -0.590. The van der Waals surface area contributed by atoms with Crippen LogP contribution in [0.25, 0.3) is 0 Å². The molecule has 0 amide bonds. The Morgan fingerprint density at radius 2 is 2.25 bits per heavy atom. The molecular formula is C11H18O. The van der Waals surface area contributed by atoms with Gasteiger partial charge < -0.3 is 0 Å². The maximum Gasteiger partial charge on any atom is 0.136 e. The smallest absolute Gasteiger partial charge is 0.136 e. The molecule has 1 rings (SSSR count). The molecule has 1 heteroatoms. The average molecular weight is 166 g/mol. The van der Waals surface area contributed by atoms with Gasteiger partial charge in [0.05, 0.1) is 0 Å². The Labute approximate surface area is 74.9 Å². The summed E-state index contributed by atoms with van der Waals surface area (Å²) in [6.45, 7) is 6.32. The van der Waals surface area contributed by atoms with Crippen LogP contribution in [-0.4, -0.2) is 5.78 Å². The van der Waals surface area contributed by atoms with Crippen LogP contribution in [0.2, 0.25) is 0 Å². The Kier molecular flexibility index (Phi) is 3.07. The van der Waals surface area contributed by atoms with E-state index in [1.165, 1.54) is 0 Å². The van der Waals surface area contributed by atoms with E-state index in [2.05, 4.69) is 26.0 Å². The molecule has 1 aliphatic carbocycles. The number of carbonyl (C=O) groups excluding carboxylic acids is 1. The summed E-state index contributed by atoms with van der Waals surface area (Å²) in [4.78, 5) is 11.3. The van der Waals surface area contributed by atoms with Crippen LogP contribution in [0.4, 0.5) is 0 Å². The molecule has 0 aromatic heterocycles. The predicted molar refractivity (Wildman–Crippen MR) is 50.9 cm³/mol. The van der Waals surface area contributed by atoms with E-state index in [0.29, 0.717) is 17.6 Å². The van der Waals surface area contributed by atoms with E-state index in [-0.39, 0.29) is 5.92 Å². The standard InChI is InChI=1S/C11H18O/c1-4-5-8(2)10-6-7-11(12)9(10)3/h4-5,8-10H,6-7H2,1-3H3/b5-4+/t8-,9-,10-/m0/s1. The van der Waals surface area contributed by atoms with Crippen molar-refractivity contribution in [3.8, 4) is 0 Å². The number of hydrogen-bond donors (Lipinski definition) is 0. The Morgan fingerprint density at radius 1 is 1.58 bits per heavy atom. The van der Waals surface area contributed by atoms with Crippen LogP contribution in [0, 0.1) is 17.8 Å². The number of ketones is 1. The second-order valence-electron chi connectivity index (χ2n) is 3.84. The second-order valence-corrected chi connectivity index (χ2v) is 3.84. The van der Waals surface area contributed by atoms with Crippen molar-refractivity contribution in [1.82, 2.24) is 0 Å². The molecule has 1 aliphatic rings. The maximum atomic E-state index is 11.3. The van der Waals surface area contributed by atoms with Crippen LogP contribution in [0.5, 0.6) is 0 Å². The second kappa shape index (κ2) is 3.88. The minimum absolute atomic E-state index is 0.288. The van der Waals surface area contributed by atoms with Gasteiger partial charge in [-0.1, -0.05) is 26.0 Å². The van der Waals surface area contributed by atoms with Crippen molar-refractivity contribution in [2.45, 2.75) is 33.6 Å². The third kappa shape index (κ3) is 1.77. The Morgan fingerprint density at radius 3 is 2.67 bits per heavy atom. The van der Waals surface area contributed by atoms with Gasteiger partial charge in [-0.2, -0.15) is 0 Å². The largest absolute Gasteiger partial charge is 0.299 e. The quantitative estimate of drug-likeness (QED) is 0.576. The number of carbonyl (C=O) groups is 1.